The SMILES string of the molecule is O=C(NCCn1nc(-c2cccnc2)ccc1=O)Nc1cc(F)ccc1F. The van der Waals surface area contributed by atoms with E-state index in [1.165, 1.54) is 10.7 Å². The van der Waals surface area contributed by atoms with Gasteiger partial charge in [-0.15, -0.1) is 0 Å². The highest BCUT2D eigenvalue weighted by Gasteiger charge is 2.08. The first-order chi connectivity index (χ1) is 13.0. The highest BCUT2D eigenvalue weighted by atomic mass is 19.1. The van der Waals surface area contributed by atoms with Crippen LogP contribution in [0.25, 0.3) is 11.3 Å². The zero-order chi connectivity index (χ0) is 19.2. The molecule has 2 N–H and O–H groups in total. The quantitative estimate of drug-likeness (QED) is 0.721. The number of rotatable bonds is 5. The van der Waals surface area contributed by atoms with E-state index in [-0.39, 0.29) is 24.3 Å². The lowest BCUT2D eigenvalue weighted by molar-refractivity contribution is 0.251. The van der Waals surface area contributed by atoms with Gasteiger partial charge in [0, 0.05) is 36.6 Å². The Bertz CT molecular complexity index is 1010. The molecule has 3 aromatic rings. The molecule has 0 saturated heterocycles. The summed E-state index contributed by atoms with van der Waals surface area (Å²) in [5.41, 5.74) is 0.704. The first kappa shape index (κ1) is 18.2. The van der Waals surface area contributed by atoms with Crippen molar-refractivity contribution in [2.45, 2.75) is 6.54 Å². The second-order valence-corrected chi connectivity index (χ2v) is 5.53. The third-order valence-electron chi connectivity index (χ3n) is 3.61. The van der Waals surface area contributed by atoms with Gasteiger partial charge in [-0.3, -0.25) is 9.78 Å². The van der Waals surface area contributed by atoms with Gasteiger partial charge in [-0.1, -0.05) is 0 Å². The number of anilines is 1. The van der Waals surface area contributed by atoms with E-state index in [1.54, 1.807) is 24.5 Å². The molecule has 0 atom stereocenters. The van der Waals surface area contributed by atoms with Gasteiger partial charge in [0.25, 0.3) is 5.56 Å². The third-order valence-corrected chi connectivity index (χ3v) is 3.61. The summed E-state index contributed by atoms with van der Waals surface area (Å²) >= 11 is 0. The summed E-state index contributed by atoms with van der Waals surface area (Å²) < 4.78 is 27.8. The van der Waals surface area contributed by atoms with E-state index in [0.717, 1.165) is 23.8 Å². The number of hydrogen-bond acceptors (Lipinski definition) is 4. The average Bonchev–Trinajstić information content (AvgIpc) is 2.67. The molecule has 0 spiro atoms. The maximum atomic E-state index is 13.5. The smallest absolute Gasteiger partial charge is 0.319 e. The van der Waals surface area contributed by atoms with Crippen LogP contribution in [-0.2, 0) is 6.54 Å². The summed E-state index contributed by atoms with van der Waals surface area (Å²) in [5.74, 6) is -1.43. The lowest BCUT2D eigenvalue weighted by atomic mass is 10.2. The van der Waals surface area contributed by atoms with Crippen LogP contribution in [0, 0.1) is 11.6 Å². The number of carbonyl (C=O) groups excluding carboxylic acids is 1. The number of hydrogen-bond donors (Lipinski definition) is 2. The van der Waals surface area contributed by atoms with Gasteiger partial charge in [0.2, 0.25) is 0 Å². The van der Waals surface area contributed by atoms with Crippen molar-refractivity contribution in [2.75, 3.05) is 11.9 Å². The summed E-state index contributed by atoms with van der Waals surface area (Å²) in [6, 6.07) is 8.53. The van der Waals surface area contributed by atoms with Gasteiger partial charge in [0.1, 0.15) is 11.6 Å². The number of halogens is 2. The van der Waals surface area contributed by atoms with Gasteiger partial charge < -0.3 is 10.6 Å². The molecule has 7 nitrogen and oxygen atoms in total. The molecule has 2 heterocycles. The van der Waals surface area contributed by atoms with Crippen LogP contribution in [0.1, 0.15) is 0 Å². The third kappa shape index (κ3) is 4.72. The molecule has 0 saturated carbocycles. The minimum Gasteiger partial charge on any atom is -0.336 e. The Balaban J connectivity index is 1.61. The number of urea groups is 1. The molecular formula is C18H15F2N5O2. The summed E-state index contributed by atoms with van der Waals surface area (Å²) in [6.45, 7) is 0.165. The second kappa shape index (κ2) is 8.17. The summed E-state index contributed by atoms with van der Waals surface area (Å²) in [7, 11) is 0. The number of amides is 2. The lowest BCUT2D eigenvalue weighted by Crippen LogP contribution is -2.34. The van der Waals surface area contributed by atoms with Crippen molar-refractivity contribution in [3.8, 4) is 11.3 Å². The Labute approximate surface area is 152 Å². The number of nitrogens with one attached hydrogen (secondary N) is 2. The summed E-state index contributed by atoms with van der Waals surface area (Å²) in [6.07, 6.45) is 3.25. The molecule has 0 fully saturated rings. The van der Waals surface area contributed by atoms with Crippen molar-refractivity contribution >= 4 is 11.7 Å². The van der Waals surface area contributed by atoms with Crippen molar-refractivity contribution < 1.29 is 13.6 Å². The fourth-order valence-corrected chi connectivity index (χ4v) is 2.31. The number of benzene rings is 1. The maximum absolute atomic E-state index is 13.5. The fourth-order valence-electron chi connectivity index (χ4n) is 2.31. The van der Waals surface area contributed by atoms with Crippen molar-refractivity contribution in [1.82, 2.24) is 20.1 Å². The minimum atomic E-state index is -0.756. The molecule has 9 heteroatoms. The van der Waals surface area contributed by atoms with E-state index in [2.05, 4.69) is 20.7 Å². The van der Waals surface area contributed by atoms with Crippen LogP contribution in [0.15, 0.2) is 59.7 Å². The highest BCUT2D eigenvalue weighted by molar-refractivity contribution is 5.89. The molecule has 0 unspecified atom stereocenters. The standard InChI is InChI=1S/C18H15F2N5O2/c19-13-3-4-14(20)16(10-13)23-18(27)22-8-9-25-17(26)6-5-15(24-25)12-2-1-7-21-11-12/h1-7,10-11H,8-9H2,(H2,22,23,27). The van der Waals surface area contributed by atoms with Crippen LogP contribution < -0.4 is 16.2 Å². The van der Waals surface area contributed by atoms with Crippen LogP contribution in [0.5, 0.6) is 0 Å². The first-order valence-corrected chi connectivity index (χ1v) is 8.01. The Hall–Kier alpha value is -3.62. The largest absolute Gasteiger partial charge is 0.336 e. The van der Waals surface area contributed by atoms with E-state index in [0.29, 0.717) is 5.69 Å². The Kier molecular flexibility index (Phi) is 5.50. The van der Waals surface area contributed by atoms with Gasteiger partial charge in [0.05, 0.1) is 17.9 Å². The van der Waals surface area contributed by atoms with Crippen LogP contribution in [0.3, 0.4) is 0 Å². The molecule has 1 aromatic carbocycles. The first-order valence-electron chi connectivity index (χ1n) is 8.01. The van der Waals surface area contributed by atoms with E-state index in [4.69, 9.17) is 0 Å². The van der Waals surface area contributed by atoms with Crippen LogP contribution >= 0.6 is 0 Å². The molecule has 0 aliphatic carbocycles. The Morgan fingerprint density at radius 1 is 1.15 bits per heavy atom. The second-order valence-electron chi connectivity index (χ2n) is 5.53. The van der Waals surface area contributed by atoms with Gasteiger partial charge in [0.15, 0.2) is 0 Å². The molecular weight excluding hydrogens is 356 g/mol. The molecule has 2 amide bonds. The molecule has 138 valence electrons. The summed E-state index contributed by atoms with van der Waals surface area (Å²) in [4.78, 5) is 27.7. The molecule has 2 aromatic heterocycles. The Morgan fingerprint density at radius 2 is 2.00 bits per heavy atom. The van der Waals surface area contributed by atoms with E-state index < -0.39 is 17.7 Å². The summed E-state index contributed by atoms with van der Waals surface area (Å²) in [5, 5.41) is 8.90. The molecule has 27 heavy (non-hydrogen) atoms. The zero-order valence-electron chi connectivity index (χ0n) is 14.0. The predicted octanol–water partition coefficient (Wildman–Crippen LogP) is 2.41. The number of aromatic nitrogens is 3. The van der Waals surface area contributed by atoms with E-state index in [9.17, 15) is 18.4 Å². The topological polar surface area (TPSA) is 88.9 Å². The fraction of sp³-hybridized carbons (Fsp3) is 0.111. The van der Waals surface area contributed by atoms with Gasteiger partial charge in [-0.2, -0.15) is 5.10 Å². The van der Waals surface area contributed by atoms with E-state index >= 15 is 0 Å². The monoisotopic (exact) mass is 371 g/mol. The molecule has 0 bridgehead atoms. The predicted molar refractivity (Wildman–Crippen MR) is 95.1 cm³/mol. The van der Waals surface area contributed by atoms with E-state index in [1.807, 2.05) is 6.07 Å². The van der Waals surface area contributed by atoms with Gasteiger partial charge in [-0.25, -0.2) is 18.3 Å². The van der Waals surface area contributed by atoms with Crippen LogP contribution in [-0.4, -0.2) is 27.3 Å². The normalized spacial score (nSPS) is 10.4. The van der Waals surface area contributed by atoms with Crippen LogP contribution in [0.2, 0.25) is 0 Å². The molecule has 0 aliphatic heterocycles. The molecule has 0 radical (unpaired) electrons. The number of nitrogens with zero attached hydrogens (tertiary/aromatic N) is 3. The lowest BCUT2D eigenvalue weighted by Gasteiger charge is -2.10. The van der Waals surface area contributed by atoms with Crippen molar-refractivity contribution in [3.05, 3.63) is 76.8 Å². The minimum absolute atomic E-state index is 0.0617. The maximum Gasteiger partial charge on any atom is 0.319 e. The number of carbonyl (C=O) groups is 1. The van der Waals surface area contributed by atoms with Crippen molar-refractivity contribution in [1.29, 1.82) is 0 Å². The van der Waals surface area contributed by atoms with Gasteiger partial charge >= 0.3 is 6.03 Å². The number of pyridine rings is 1. The Morgan fingerprint density at radius 3 is 2.78 bits per heavy atom. The zero-order valence-corrected chi connectivity index (χ0v) is 14.0. The highest BCUT2D eigenvalue weighted by Crippen LogP contribution is 2.15. The van der Waals surface area contributed by atoms with Crippen molar-refractivity contribution in [3.63, 3.8) is 0 Å². The molecule has 3 rings (SSSR count). The average molecular weight is 371 g/mol. The van der Waals surface area contributed by atoms with Crippen LogP contribution in [0.4, 0.5) is 19.3 Å². The molecule has 0 aliphatic rings. The van der Waals surface area contributed by atoms with Gasteiger partial charge in [-0.05, 0) is 30.3 Å². The van der Waals surface area contributed by atoms with Crippen molar-refractivity contribution in [2.24, 2.45) is 0 Å².